The van der Waals surface area contributed by atoms with Gasteiger partial charge in [0.25, 0.3) is 0 Å². The standard InChI is InChI=1S/C15H17N3/c1-6-18(7-2)14-9-8-13(12(3)10-14)11-15(16-4)17-5/h8-11H,6-7H2,1-3H3. The normalized spacial score (nSPS) is 9.17. The summed E-state index contributed by atoms with van der Waals surface area (Å²) in [5.41, 5.74) is 3.21. The molecule has 0 heterocycles. The number of nitrogens with zero attached hydrogens (tertiary/aromatic N) is 3. The molecule has 0 amide bonds. The Morgan fingerprint density at radius 1 is 1.22 bits per heavy atom. The lowest BCUT2D eigenvalue weighted by atomic mass is 10.1. The van der Waals surface area contributed by atoms with Crippen molar-refractivity contribution in [3.05, 3.63) is 58.0 Å². The first-order chi connectivity index (χ1) is 8.65. The van der Waals surface area contributed by atoms with E-state index < -0.39 is 0 Å². The van der Waals surface area contributed by atoms with Crippen LogP contribution < -0.4 is 4.90 Å². The smallest absolute Gasteiger partial charge is 0.372 e. The molecular weight excluding hydrogens is 222 g/mol. The Hall–Kier alpha value is -2.26. The second-order valence-corrected chi connectivity index (χ2v) is 3.94. The number of hydrogen-bond acceptors (Lipinski definition) is 1. The van der Waals surface area contributed by atoms with Gasteiger partial charge in [0.05, 0.1) is 0 Å². The second-order valence-electron chi connectivity index (χ2n) is 3.94. The van der Waals surface area contributed by atoms with E-state index in [0.717, 1.165) is 24.2 Å². The molecule has 18 heavy (non-hydrogen) atoms. The third kappa shape index (κ3) is 3.12. The number of benzene rings is 1. The van der Waals surface area contributed by atoms with Crippen LogP contribution in [-0.4, -0.2) is 13.1 Å². The van der Waals surface area contributed by atoms with E-state index in [0.29, 0.717) is 0 Å². The zero-order valence-corrected chi connectivity index (χ0v) is 11.1. The Balaban J connectivity index is 3.12. The van der Waals surface area contributed by atoms with Crippen molar-refractivity contribution in [2.24, 2.45) is 0 Å². The second kappa shape index (κ2) is 6.47. The largest absolute Gasteiger partial charge is 0.519 e. The molecule has 0 unspecified atom stereocenters. The molecular formula is C15H17N3. The molecule has 0 aliphatic heterocycles. The molecule has 0 saturated heterocycles. The molecule has 0 aliphatic carbocycles. The van der Waals surface area contributed by atoms with Gasteiger partial charge in [-0.1, -0.05) is 6.07 Å². The van der Waals surface area contributed by atoms with Crippen molar-refractivity contribution in [3.63, 3.8) is 0 Å². The Bertz CT molecular complexity index is 510. The fourth-order valence-electron chi connectivity index (χ4n) is 1.84. The SMILES string of the molecule is [C-]#[N+]C(=Cc1ccc(N(CC)CC)cc1C)[N+]#[C-]. The van der Waals surface area contributed by atoms with E-state index in [1.165, 1.54) is 5.69 Å². The predicted octanol–water partition coefficient (Wildman–Crippen LogP) is 3.98. The summed E-state index contributed by atoms with van der Waals surface area (Å²) in [4.78, 5) is 8.63. The highest BCUT2D eigenvalue weighted by Crippen LogP contribution is 2.21. The van der Waals surface area contributed by atoms with Crippen molar-refractivity contribution in [3.8, 4) is 0 Å². The highest BCUT2D eigenvalue weighted by Gasteiger charge is 2.07. The Morgan fingerprint density at radius 3 is 2.28 bits per heavy atom. The van der Waals surface area contributed by atoms with Crippen molar-refractivity contribution in [1.82, 2.24) is 0 Å². The number of hydrogen-bond donors (Lipinski definition) is 0. The first-order valence-electron chi connectivity index (χ1n) is 5.98. The summed E-state index contributed by atoms with van der Waals surface area (Å²) in [6.07, 6.45) is 1.64. The minimum Gasteiger partial charge on any atom is -0.372 e. The number of aryl methyl sites for hydroxylation is 1. The van der Waals surface area contributed by atoms with E-state index >= 15 is 0 Å². The Labute approximate surface area is 109 Å². The zero-order chi connectivity index (χ0) is 13.5. The molecule has 1 rings (SSSR count). The van der Waals surface area contributed by atoms with Crippen LogP contribution >= 0.6 is 0 Å². The van der Waals surface area contributed by atoms with Crippen LogP contribution in [0.1, 0.15) is 25.0 Å². The lowest BCUT2D eigenvalue weighted by Gasteiger charge is -2.21. The molecule has 0 bridgehead atoms. The number of rotatable bonds is 4. The molecule has 0 aromatic heterocycles. The predicted molar refractivity (Wildman–Crippen MR) is 75.9 cm³/mol. The maximum Gasteiger partial charge on any atom is 0.519 e. The fourth-order valence-corrected chi connectivity index (χ4v) is 1.84. The minimum absolute atomic E-state index is 0.105. The van der Waals surface area contributed by atoms with Gasteiger partial charge in [0.1, 0.15) is 13.1 Å². The van der Waals surface area contributed by atoms with Crippen LogP contribution in [0.15, 0.2) is 24.0 Å². The van der Waals surface area contributed by atoms with Gasteiger partial charge < -0.3 is 4.90 Å². The average molecular weight is 239 g/mol. The monoisotopic (exact) mass is 239 g/mol. The number of anilines is 1. The lowest BCUT2D eigenvalue weighted by Crippen LogP contribution is -2.21. The van der Waals surface area contributed by atoms with Gasteiger partial charge >= 0.3 is 5.82 Å². The maximum absolute atomic E-state index is 6.88. The zero-order valence-electron chi connectivity index (χ0n) is 11.1. The van der Waals surface area contributed by atoms with E-state index in [1.54, 1.807) is 6.08 Å². The summed E-state index contributed by atoms with van der Waals surface area (Å²) >= 11 is 0. The Kier molecular flexibility index (Phi) is 4.96. The van der Waals surface area contributed by atoms with Gasteiger partial charge in [-0.25, -0.2) is 0 Å². The van der Waals surface area contributed by atoms with E-state index in [4.69, 9.17) is 13.1 Å². The molecule has 0 spiro atoms. The van der Waals surface area contributed by atoms with E-state index in [2.05, 4.69) is 34.5 Å². The molecule has 0 atom stereocenters. The molecule has 0 fully saturated rings. The molecule has 3 heteroatoms. The first-order valence-corrected chi connectivity index (χ1v) is 5.98. The van der Waals surface area contributed by atoms with Gasteiger partial charge in [-0.05, 0) is 44.0 Å². The topological polar surface area (TPSA) is 12.0 Å². The van der Waals surface area contributed by atoms with Gasteiger partial charge in [-0.3, -0.25) is 0 Å². The lowest BCUT2D eigenvalue weighted by molar-refractivity contribution is 0.865. The van der Waals surface area contributed by atoms with Crippen molar-refractivity contribution in [2.75, 3.05) is 18.0 Å². The first kappa shape index (κ1) is 13.8. The summed E-state index contributed by atoms with van der Waals surface area (Å²) in [6.45, 7) is 22.0. The molecule has 1 aromatic rings. The third-order valence-electron chi connectivity index (χ3n) is 2.90. The molecule has 0 radical (unpaired) electrons. The quantitative estimate of drug-likeness (QED) is 0.724. The highest BCUT2D eigenvalue weighted by molar-refractivity contribution is 5.63. The summed E-state index contributed by atoms with van der Waals surface area (Å²) in [6, 6.07) is 6.11. The highest BCUT2D eigenvalue weighted by atomic mass is 15.1. The molecule has 0 saturated carbocycles. The van der Waals surface area contributed by atoms with E-state index in [9.17, 15) is 0 Å². The summed E-state index contributed by atoms with van der Waals surface area (Å²) < 4.78 is 0. The van der Waals surface area contributed by atoms with Gasteiger partial charge in [0.2, 0.25) is 0 Å². The molecule has 0 aliphatic rings. The van der Waals surface area contributed by atoms with Crippen LogP contribution in [0.2, 0.25) is 0 Å². The van der Waals surface area contributed by atoms with Gasteiger partial charge in [-0.15, -0.1) is 0 Å². The van der Waals surface area contributed by atoms with E-state index in [1.807, 2.05) is 19.1 Å². The van der Waals surface area contributed by atoms with Gasteiger partial charge in [0, 0.05) is 24.9 Å². The van der Waals surface area contributed by atoms with Crippen LogP contribution in [0, 0.1) is 20.1 Å². The van der Waals surface area contributed by atoms with Crippen LogP contribution in [0.3, 0.4) is 0 Å². The van der Waals surface area contributed by atoms with Crippen molar-refractivity contribution >= 4 is 11.8 Å². The van der Waals surface area contributed by atoms with Crippen molar-refractivity contribution in [1.29, 1.82) is 0 Å². The molecule has 92 valence electrons. The van der Waals surface area contributed by atoms with Crippen molar-refractivity contribution < 1.29 is 0 Å². The fraction of sp³-hybridized carbons (Fsp3) is 0.333. The van der Waals surface area contributed by atoms with Gasteiger partial charge in [0.15, 0.2) is 0 Å². The third-order valence-corrected chi connectivity index (χ3v) is 2.90. The van der Waals surface area contributed by atoms with Crippen LogP contribution in [0.4, 0.5) is 5.69 Å². The van der Waals surface area contributed by atoms with Gasteiger partial charge in [-0.2, -0.15) is 9.69 Å². The maximum atomic E-state index is 6.88. The Morgan fingerprint density at radius 2 is 1.83 bits per heavy atom. The van der Waals surface area contributed by atoms with Crippen LogP contribution in [0.25, 0.3) is 15.8 Å². The summed E-state index contributed by atoms with van der Waals surface area (Å²) in [5, 5.41) is 0. The summed E-state index contributed by atoms with van der Waals surface area (Å²) in [5.74, 6) is 0.105. The average Bonchev–Trinajstić information content (AvgIpc) is 2.39. The van der Waals surface area contributed by atoms with Crippen LogP contribution in [0.5, 0.6) is 0 Å². The minimum atomic E-state index is 0.105. The van der Waals surface area contributed by atoms with E-state index in [-0.39, 0.29) is 5.82 Å². The molecule has 3 nitrogen and oxygen atoms in total. The van der Waals surface area contributed by atoms with Crippen LogP contribution in [-0.2, 0) is 0 Å². The molecule has 0 N–H and O–H groups in total. The summed E-state index contributed by atoms with van der Waals surface area (Å²) in [7, 11) is 0. The molecule has 1 aromatic carbocycles. The van der Waals surface area contributed by atoms with Crippen molar-refractivity contribution in [2.45, 2.75) is 20.8 Å².